The fourth-order valence-corrected chi connectivity index (χ4v) is 3.90. The lowest BCUT2D eigenvalue weighted by molar-refractivity contribution is 0.155. The minimum absolute atomic E-state index is 0.172. The van der Waals surface area contributed by atoms with Crippen molar-refractivity contribution in [2.24, 2.45) is 5.92 Å². The van der Waals surface area contributed by atoms with Gasteiger partial charge < -0.3 is 5.11 Å². The van der Waals surface area contributed by atoms with Crippen LogP contribution in [0.4, 0.5) is 0 Å². The van der Waals surface area contributed by atoms with Gasteiger partial charge >= 0.3 is 0 Å². The van der Waals surface area contributed by atoms with E-state index in [4.69, 9.17) is 0 Å². The van der Waals surface area contributed by atoms with Crippen LogP contribution in [0, 0.1) is 5.92 Å². The monoisotopic (exact) mass is 286 g/mol. The van der Waals surface area contributed by atoms with E-state index in [0.717, 1.165) is 11.3 Å². The summed E-state index contributed by atoms with van der Waals surface area (Å²) in [6.07, 6.45) is 0.801. The van der Waals surface area contributed by atoms with Crippen molar-refractivity contribution in [1.82, 2.24) is 0 Å². The van der Waals surface area contributed by atoms with Crippen molar-refractivity contribution in [2.45, 2.75) is 44.6 Å². The number of aliphatic hydroxyl groups excluding tert-OH is 1. The molecule has 2 aromatic rings. The maximum absolute atomic E-state index is 10.6. The Labute approximate surface area is 125 Å². The highest BCUT2D eigenvalue weighted by atomic mass is 32.1. The Hall–Kier alpha value is -1.12. The van der Waals surface area contributed by atoms with E-state index in [2.05, 4.69) is 57.2 Å². The van der Waals surface area contributed by atoms with E-state index in [9.17, 15) is 5.11 Å². The molecule has 1 aromatic carbocycles. The molecule has 20 heavy (non-hydrogen) atoms. The van der Waals surface area contributed by atoms with E-state index in [-0.39, 0.29) is 11.5 Å². The molecule has 0 amide bonds. The largest absolute Gasteiger partial charge is 0.387 e. The average Bonchev–Trinajstić information content (AvgIpc) is 3.05. The zero-order valence-electron chi connectivity index (χ0n) is 12.3. The van der Waals surface area contributed by atoms with Gasteiger partial charge in [-0.2, -0.15) is 0 Å². The van der Waals surface area contributed by atoms with Gasteiger partial charge in [0.2, 0.25) is 0 Å². The van der Waals surface area contributed by atoms with Gasteiger partial charge in [0.25, 0.3) is 0 Å². The fraction of sp³-hybridized carbons (Fsp3) is 0.444. The molecule has 0 aliphatic heterocycles. The first kappa shape index (κ1) is 13.8. The van der Waals surface area contributed by atoms with Crippen LogP contribution in [0.3, 0.4) is 0 Å². The van der Waals surface area contributed by atoms with Crippen molar-refractivity contribution in [3.05, 3.63) is 57.8 Å². The second-order valence-electron chi connectivity index (χ2n) is 6.81. The van der Waals surface area contributed by atoms with Crippen molar-refractivity contribution in [2.75, 3.05) is 0 Å². The van der Waals surface area contributed by atoms with Crippen LogP contribution in [0.2, 0.25) is 0 Å². The molecule has 1 saturated carbocycles. The molecular weight excluding hydrogens is 264 g/mol. The molecule has 1 aliphatic carbocycles. The highest BCUT2D eigenvalue weighted by molar-refractivity contribution is 7.12. The van der Waals surface area contributed by atoms with Crippen molar-refractivity contribution in [3.63, 3.8) is 0 Å². The first-order chi connectivity index (χ1) is 9.47. The summed E-state index contributed by atoms with van der Waals surface area (Å²) >= 11 is 1.76. The first-order valence-electron chi connectivity index (χ1n) is 7.30. The molecule has 1 aromatic heterocycles. The van der Waals surface area contributed by atoms with Gasteiger partial charge in [-0.25, -0.2) is 0 Å². The summed E-state index contributed by atoms with van der Waals surface area (Å²) in [6.45, 7) is 6.66. The lowest BCUT2D eigenvalue weighted by atomic mass is 9.95. The maximum atomic E-state index is 10.6. The lowest BCUT2D eigenvalue weighted by Gasteiger charge is -2.15. The van der Waals surface area contributed by atoms with Crippen LogP contribution in [0.5, 0.6) is 0 Å². The topological polar surface area (TPSA) is 20.2 Å². The highest BCUT2D eigenvalue weighted by Crippen LogP contribution is 2.55. The van der Waals surface area contributed by atoms with Gasteiger partial charge in [-0.05, 0) is 41.4 Å². The molecule has 3 rings (SSSR count). The second kappa shape index (κ2) is 5.01. The van der Waals surface area contributed by atoms with Gasteiger partial charge in [-0.1, -0.05) is 51.1 Å². The third-order valence-corrected chi connectivity index (χ3v) is 5.71. The molecule has 1 fully saturated rings. The molecular formula is C18H22OS. The van der Waals surface area contributed by atoms with E-state index < -0.39 is 0 Å². The Morgan fingerprint density at radius 1 is 1.10 bits per heavy atom. The van der Waals surface area contributed by atoms with Gasteiger partial charge in [0.05, 0.1) is 6.10 Å². The fourth-order valence-electron chi connectivity index (χ4n) is 2.77. The van der Waals surface area contributed by atoms with Crippen molar-refractivity contribution < 1.29 is 5.11 Å². The van der Waals surface area contributed by atoms with E-state index in [1.165, 1.54) is 10.4 Å². The van der Waals surface area contributed by atoms with Crippen LogP contribution in [0.15, 0.2) is 42.5 Å². The van der Waals surface area contributed by atoms with Gasteiger partial charge in [-0.15, -0.1) is 11.3 Å². The molecule has 0 spiro atoms. The van der Waals surface area contributed by atoms with Crippen LogP contribution >= 0.6 is 11.3 Å². The van der Waals surface area contributed by atoms with Crippen molar-refractivity contribution in [1.29, 1.82) is 0 Å². The Morgan fingerprint density at radius 2 is 1.80 bits per heavy atom. The summed E-state index contributed by atoms with van der Waals surface area (Å²) in [7, 11) is 0. The predicted octanol–water partition coefficient (Wildman–Crippen LogP) is 4.88. The number of benzene rings is 1. The zero-order chi connectivity index (χ0) is 14.3. The molecule has 1 nitrogen and oxygen atoms in total. The van der Waals surface area contributed by atoms with Gasteiger partial charge in [-0.3, -0.25) is 0 Å². The van der Waals surface area contributed by atoms with E-state index >= 15 is 0 Å². The van der Waals surface area contributed by atoms with Gasteiger partial charge in [0, 0.05) is 9.75 Å². The van der Waals surface area contributed by atoms with Crippen LogP contribution in [-0.4, -0.2) is 5.11 Å². The normalized spacial score (nSPS) is 23.6. The van der Waals surface area contributed by atoms with E-state index in [1.807, 2.05) is 6.07 Å². The number of thiophene rings is 1. The minimum atomic E-state index is -0.304. The molecule has 0 bridgehead atoms. The summed E-state index contributed by atoms with van der Waals surface area (Å²) in [5, 5.41) is 10.6. The summed E-state index contributed by atoms with van der Waals surface area (Å²) in [4.78, 5) is 2.47. The smallest absolute Gasteiger partial charge is 0.0916 e. The average molecular weight is 286 g/mol. The lowest BCUT2D eigenvalue weighted by Crippen LogP contribution is -2.07. The van der Waals surface area contributed by atoms with E-state index in [0.29, 0.717) is 11.8 Å². The second-order valence-corrected chi connectivity index (χ2v) is 7.93. The molecule has 3 atom stereocenters. The zero-order valence-corrected chi connectivity index (χ0v) is 13.2. The minimum Gasteiger partial charge on any atom is -0.387 e. The molecule has 3 unspecified atom stereocenters. The molecule has 2 heteroatoms. The number of hydrogen-bond donors (Lipinski definition) is 1. The van der Waals surface area contributed by atoms with Crippen molar-refractivity contribution >= 4 is 11.3 Å². The molecule has 1 heterocycles. The SMILES string of the molecule is CC(C)(C)c1ccc(C(O)C2CC2c2ccccc2)s1. The predicted molar refractivity (Wildman–Crippen MR) is 85.3 cm³/mol. The highest BCUT2D eigenvalue weighted by Gasteiger charge is 2.44. The van der Waals surface area contributed by atoms with Crippen LogP contribution in [-0.2, 0) is 5.41 Å². The molecule has 0 radical (unpaired) electrons. The maximum Gasteiger partial charge on any atom is 0.0916 e. The summed E-state index contributed by atoms with van der Waals surface area (Å²) < 4.78 is 0. The molecule has 0 saturated heterocycles. The third-order valence-electron chi connectivity index (χ3n) is 4.13. The van der Waals surface area contributed by atoms with Crippen molar-refractivity contribution in [3.8, 4) is 0 Å². The van der Waals surface area contributed by atoms with E-state index in [1.54, 1.807) is 11.3 Å². The Morgan fingerprint density at radius 3 is 2.40 bits per heavy atom. The number of rotatable bonds is 3. The summed E-state index contributed by atoms with van der Waals surface area (Å²) in [5.74, 6) is 0.926. The molecule has 1 N–H and O–H groups in total. The number of aliphatic hydroxyl groups is 1. The van der Waals surface area contributed by atoms with Gasteiger partial charge in [0.1, 0.15) is 0 Å². The number of hydrogen-bond acceptors (Lipinski definition) is 2. The molecule has 1 aliphatic rings. The van der Waals surface area contributed by atoms with Crippen LogP contribution < -0.4 is 0 Å². The molecule has 106 valence electrons. The quantitative estimate of drug-likeness (QED) is 0.852. The Balaban J connectivity index is 1.72. The van der Waals surface area contributed by atoms with Gasteiger partial charge in [0.15, 0.2) is 0 Å². The van der Waals surface area contributed by atoms with Crippen LogP contribution in [0.1, 0.15) is 54.5 Å². The summed E-state index contributed by atoms with van der Waals surface area (Å²) in [5.41, 5.74) is 1.54. The summed E-state index contributed by atoms with van der Waals surface area (Å²) in [6, 6.07) is 14.8. The van der Waals surface area contributed by atoms with Crippen LogP contribution in [0.25, 0.3) is 0 Å². The first-order valence-corrected chi connectivity index (χ1v) is 8.11. The third kappa shape index (κ3) is 2.68. The Bertz CT molecular complexity index is 579. The Kier molecular flexibility index (Phi) is 3.47. The standard InChI is InChI=1S/C18H22OS/c1-18(2,3)16-10-9-15(20-16)17(19)14-11-13(14)12-7-5-4-6-8-12/h4-10,13-14,17,19H,11H2,1-3H3.